The SMILES string of the molecule is Cc1nc2c(C(=O)N3CCCC3)cnn2c(O)c1Cc1ccc(Cl)cc1. The third kappa shape index (κ3) is 2.90. The smallest absolute Gasteiger partial charge is 0.259 e. The van der Waals surface area contributed by atoms with Crippen LogP contribution in [0, 0.1) is 6.92 Å². The summed E-state index contributed by atoms with van der Waals surface area (Å²) in [6, 6.07) is 7.46. The Kier molecular flexibility index (Phi) is 4.28. The zero-order valence-corrected chi connectivity index (χ0v) is 15.2. The van der Waals surface area contributed by atoms with E-state index in [1.165, 1.54) is 10.7 Å². The van der Waals surface area contributed by atoms with Crippen LogP contribution in [0.5, 0.6) is 5.88 Å². The van der Waals surface area contributed by atoms with Crippen molar-refractivity contribution < 1.29 is 9.90 Å². The van der Waals surface area contributed by atoms with Gasteiger partial charge in [-0.3, -0.25) is 4.79 Å². The van der Waals surface area contributed by atoms with Crippen molar-refractivity contribution in [2.24, 2.45) is 0 Å². The first-order valence-corrected chi connectivity index (χ1v) is 9.02. The van der Waals surface area contributed by atoms with Crippen molar-refractivity contribution in [2.75, 3.05) is 13.1 Å². The van der Waals surface area contributed by atoms with E-state index in [9.17, 15) is 9.90 Å². The van der Waals surface area contributed by atoms with Gasteiger partial charge in [0.25, 0.3) is 5.91 Å². The van der Waals surface area contributed by atoms with Gasteiger partial charge in [0.2, 0.25) is 5.88 Å². The van der Waals surface area contributed by atoms with Crippen LogP contribution in [-0.4, -0.2) is 43.6 Å². The van der Waals surface area contributed by atoms with Gasteiger partial charge in [0, 0.05) is 35.8 Å². The van der Waals surface area contributed by atoms with Crippen molar-refractivity contribution in [1.29, 1.82) is 0 Å². The molecule has 1 amide bonds. The summed E-state index contributed by atoms with van der Waals surface area (Å²) in [4.78, 5) is 19.1. The summed E-state index contributed by atoms with van der Waals surface area (Å²) in [6.45, 7) is 3.35. The molecule has 0 bridgehead atoms. The summed E-state index contributed by atoms with van der Waals surface area (Å²) >= 11 is 5.93. The van der Waals surface area contributed by atoms with Crippen LogP contribution < -0.4 is 0 Å². The second-order valence-electron chi connectivity index (χ2n) is 6.60. The van der Waals surface area contributed by atoms with E-state index in [1.807, 2.05) is 36.1 Å². The minimum Gasteiger partial charge on any atom is -0.493 e. The van der Waals surface area contributed by atoms with Crippen molar-refractivity contribution in [1.82, 2.24) is 19.5 Å². The number of likely N-dealkylation sites (tertiary alicyclic amines) is 1. The predicted molar refractivity (Wildman–Crippen MR) is 98.8 cm³/mol. The summed E-state index contributed by atoms with van der Waals surface area (Å²) < 4.78 is 1.35. The van der Waals surface area contributed by atoms with Gasteiger partial charge in [-0.1, -0.05) is 23.7 Å². The van der Waals surface area contributed by atoms with Gasteiger partial charge in [-0.05, 0) is 37.5 Å². The fourth-order valence-corrected chi connectivity index (χ4v) is 3.50. The molecular weight excluding hydrogens is 352 g/mol. The number of aromatic nitrogens is 3. The highest BCUT2D eigenvalue weighted by Gasteiger charge is 2.25. The lowest BCUT2D eigenvalue weighted by Gasteiger charge is -2.14. The summed E-state index contributed by atoms with van der Waals surface area (Å²) in [5, 5.41) is 15.6. The number of benzene rings is 1. The number of carbonyl (C=O) groups excluding carboxylic acids is 1. The molecule has 1 aliphatic rings. The first kappa shape index (κ1) is 16.8. The van der Waals surface area contributed by atoms with Crippen LogP contribution in [-0.2, 0) is 6.42 Å². The largest absolute Gasteiger partial charge is 0.493 e. The molecule has 1 aromatic carbocycles. The second kappa shape index (κ2) is 6.61. The lowest BCUT2D eigenvalue weighted by atomic mass is 10.0. The molecule has 0 atom stereocenters. The Hall–Kier alpha value is -2.60. The van der Waals surface area contributed by atoms with Gasteiger partial charge in [0.05, 0.1) is 6.20 Å². The monoisotopic (exact) mass is 370 g/mol. The van der Waals surface area contributed by atoms with Crippen LogP contribution in [0.15, 0.2) is 30.5 Å². The van der Waals surface area contributed by atoms with Gasteiger partial charge in [-0.2, -0.15) is 9.61 Å². The molecule has 4 rings (SSSR count). The molecule has 1 fully saturated rings. The third-order valence-electron chi connectivity index (χ3n) is 4.84. The number of rotatable bonds is 3. The van der Waals surface area contributed by atoms with E-state index in [0.29, 0.717) is 33.9 Å². The number of hydrogen-bond acceptors (Lipinski definition) is 4. The number of nitrogens with zero attached hydrogens (tertiary/aromatic N) is 4. The van der Waals surface area contributed by atoms with Crippen molar-refractivity contribution in [3.63, 3.8) is 0 Å². The van der Waals surface area contributed by atoms with E-state index in [0.717, 1.165) is 31.5 Å². The fraction of sp³-hybridized carbons (Fsp3) is 0.316. The lowest BCUT2D eigenvalue weighted by molar-refractivity contribution is 0.0794. The minimum absolute atomic E-state index is 0.0166. The van der Waals surface area contributed by atoms with Gasteiger partial charge in [-0.15, -0.1) is 0 Å². The summed E-state index contributed by atoms with van der Waals surface area (Å²) in [7, 11) is 0. The van der Waals surface area contributed by atoms with E-state index in [-0.39, 0.29) is 11.8 Å². The van der Waals surface area contributed by atoms with Crippen molar-refractivity contribution in [3.05, 3.63) is 57.9 Å². The molecule has 0 spiro atoms. The molecule has 3 heterocycles. The summed E-state index contributed by atoms with van der Waals surface area (Å²) in [5.41, 5.74) is 3.21. The zero-order valence-electron chi connectivity index (χ0n) is 14.4. The van der Waals surface area contributed by atoms with Crippen LogP contribution in [0.4, 0.5) is 0 Å². The first-order chi connectivity index (χ1) is 12.5. The molecule has 134 valence electrons. The Morgan fingerprint density at radius 2 is 1.92 bits per heavy atom. The van der Waals surface area contributed by atoms with Crippen LogP contribution in [0.1, 0.15) is 40.0 Å². The number of halogens is 1. The van der Waals surface area contributed by atoms with Crippen molar-refractivity contribution >= 4 is 23.2 Å². The topological polar surface area (TPSA) is 70.7 Å². The molecular formula is C19H19ClN4O2. The van der Waals surface area contributed by atoms with E-state index < -0.39 is 0 Å². The maximum atomic E-state index is 12.7. The first-order valence-electron chi connectivity index (χ1n) is 8.64. The maximum Gasteiger partial charge on any atom is 0.259 e. The van der Waals surface area contributed by atoms with Crippen LogP contribution >= 0.6 is 11.6 Å². The molecule has 1 saturated heterocycles. The van der Waals surface area contributed by atoms with E-state index >= 15 is 0 Å². The van der Waals surface area contributed by atoms with Crippen molar-refractivity contribution in [2.45, 2.75) is 26.2 Å². The molecule has 1 aliphatic heterocycles. The highest BCUT2D eigenvalue weighted by Crippen LogP contribution is 2.27. The molecule has 0 saturated carbocycles. The highest BCUT2D eigenvalue weighted by molar-refractivity contribution is 6.30. The van der Waals surface area contributed by atoms with Gasteiger partial charge in [-0.25, -0.2) is 4.98 Å². The van der Waals surface area contributed by atoms with Gasteiger partial charge in [0.15, 0.2) is 5.65 Å². The van der Waals surface area contributed by atoms with E-state index in [4.69, 9.17) is 11.6 Å². The van der Waals surface area contributed by atoms with Crippen LogP contribution in [0.25, 0.3) is 5.65 Å². The van der Waals surface area contributed by atoms with E-state index in [2.05, 4.69) is 10.1 Å². The molecule has 0 unspecified atom stereocenters. The van der Waals surface area contributed by atoms with Gasteiger partial charge in [0.1, 0.15) is 5.56 Å². The Labute approximate surface area is 156 Å². The van der Waals surface area contributed by atoms with E-state index in [1.54, 1.807) is 0 Å². The number of aromatic hydroxyl groups is 1. The average Bonchev–Trinajstić information content (AvgIpc) is 3.29. The number of aryl methyl sites for hydroxylation is 1. The Morgan fingerprint density at radius 1 is 1.23 bits per heavy atom. The Morgan fingerprint density at radius 3 is 2.62 bits per heavy atom. The van der Waals surface area contributed by atoms with Crippen molar-refractivity contribution in [3.8, 4) is 5.88 Å². The van der Waals surface area contributed by atoms with Gasteiger partial charge >= 0.3 is 0 Å². The third-order valence-corrected chi connectivity index (χ3v) is 5.09. The normalized spacial score (nSPS) is 14.3. The number of fused-ring (bicyclic) bond motifs is 1. The number of carbonyl (C=O) groups is 1. The summed E-state index contributed by atoms with van der Waals surface area (Å²) in [5.74, 6) is -0.0582. The quantitative estimate of drug-likeness (QED) is 0.768. The Bertz CT molecular complexity index is 975. The second-order valence-corrected chi connectivity index (χ2v) is 7.03. The summed E-state index contributed by atoms with van der Waals surface area (Å²) in [6.07, 6.45) is 4.04. The molecule has 6 nitrogen and oxygen atoms in total. The van der Waals surface area contributed by atoms with Crippen LogP contribution in [0.3, 0.4) is 0 Å². The van der Waals surface area contributed by atoms with Gasteiger partial charge < -0.3 is 10.0 Å². The number of hydrogen-bond donors (Lipinski definition) is 1. The zero-order chi connectivity index (χ0) is 18.3. The molecule has 7 heteroatoms. The molecule has 2 aromatic heterocycles. The molecule has 3 aromatic rings. The minimum atomic E-state index is -0.0748. The molecule has 0 aliphatic carbocycles. The molecule has 26 heavy (non-hydrogen) atoms. The average molecular weight is 371 g/mol. The standard InChI is InChI=1S/C19H19ClN4O2/c1-12-15(10-13-4-6-14(20)7-5-13)19(26)24-17(22-12)16(11-21-24)18(25)23-8-2-3-9-23/h4-7,11,26H,2-3,8-10H2,1H3. The Balaban J connectivity index is 1.73. The molecule has 1 N–H and O–H groups in total. The fourth-order valence-electron chi connectivity index (χ4n) is 3.38. The van der Waals surface area contributed by atoms with Crippen LogP contribution in [0.2, 0.25) is 5.02 Å². The maximum absolute atomic E-state index is 12.7. The predicted octanol–water partition coefficient (Wildman–Crippen LogP) is 3.22. The lowest BCUT2D eigenvalue weighted by Crippen LogP contribution is -2.27. The highest BCUT2D eigenvalue weighted by atomic mass is 35.5. The number of amides is 1. The molecule has 0 radical (unpaired) electrons.